The lowest BCUT2D eigenvalue weighted by atomic mass is 9.78. The zero-order valence-electron chi connectivity index (χ0n) is 13.4. The fraction of sp³-hybridized carbons (Fsp3) is 0.278. The quantitative estimate of drug-likeness (QED) is 0.823. The van der Waals surface area contributed by atoms with Crippen LogP contribution in [0.5, 0.6) is 5.75 Å². The number of nitrogens with zero attached hydrogens (tertiary/aromatic N) is 1. The smallest absolute Gasteiger partial charge is 0.489 e. The molecule has 0 saturated carbocycles. The number of fused-ring (bicyclic) bond motifs is 1. The second-order valence-electron chi connectivity index (χ2n) is 5.69. The van der Waals surface area contributed by atoms with Crippen LogP contribution in [-0.4, -0.2) is 24.9 Å². The summed E-state index contributed by atoms with van der Waals surface area (Å²) >= 11 is 0. The molecule has 1 aliphatic rings. The van der Waals surface area contributed by atoms with E-state index in [2.05, 4.69) is 0 Å². The van der Waals surface area contributed by atoms with Gasteiger partial charge in [-0.1, -0.05) is 42.5 Å². The van der Waals surface area contributed by atoms with Crippen LogP contribution in [0.4, 0.5) is 0 Å². The van der Waals surface area contributed by atoms with Crippen LogP contribution in [0.25, 0.3) is 0 Å². The predicted molar refractivity (Wildman–Crippen MR) is 89.7 cm³/mol. The van der Waals surface area contributed by atoms with Gasteiger partial charge >= 0.3 is 7.12 Å². The average Bonchev–Trinajstić information content (AvgIpc) is 2.93. The second-order valence-corrected chi connectivity index (χ2v) is 5.69. The number of hydrogen-bond donors (Lipinski definition) is 1. The molecule has 5 nitrogen and oxygen atoms in total. The van der Waals surface area contributed by atoms with Gasteiger partial charge in [0.15, 0.2) is 6.10 Å². The Labute approximate surface area is 141 Å². The number of nitriles is 1. The molecule has 0 fully saturated rings. The van der Waals surface area contributed by atoms with Crippen LogP contribution in [0.1, 0.15) is 24.2 Å². The number of ether oxygens (including phenoxy) is 2. The molecule has 24 heavy (non-hydrogen) atoms. The highest BCUT2D eigenvalue weighted by Gasteiger charge is 2.38. The summed E-state index contributed by atoms with van der Waals surface area (Å²) in [7, 11) is -1.14. The first-order valence-corrected chi connectivity index (χ1v) is 7.83. The third-order valence-corrected chi connectivity index (χ3v) is 3.80. The van der Waals surface area contributed by atoms with Crippen molar-refractivity contribution in [2.45, 2.75) is 25.7 Å². The van der Waals surface area contributed by atoms with E-state index in [-0.39, 0.29) is 6.10 Å². The Hall–Kier alpha value is -2.33. The van der Waals surface area contributed by atoms with E-state index >= 15 is 0 Å². The Kier molecular flexibility index (Phi) is 5.16. The lowest BCUT2D eigenvalue weighted by Gasteiger charge is -2.17. The van der Waals surface area contributed by atoms with Crippen molar-refractivity contribution in [3.8, 4) is 11.8 Å². The van der Waals surface area contributed by atoms with E-state index in [1.54, 1.807) is 18.2 Å². The zero-order valence-corrected chi connectivity index (χ0v) is 13.4. The van der Waals surface area contributed by atoms with E-state index in [9.17, 15) is 5.02 Å². The van der Waals surface area contributed by atoms with E-state index in [0.29, 0.717) is 30.0 Å². The van der Waals surface area contributed by atoms with Crippen LogP contribution in [0.2, 0.25) is 0 Å². The molecule has 1 N–H and O–H groups in total. The van der Waals surface area contributed by atoms with Gasteiger partial charge in [0.2, 0.25) is 0 Å². The van der Waals surface area contributed by atoms with Crippen LogP contribution < -0.4 is 10.2 Å². The molecule has 0 aliphatic carbocycles. The van der Waals surface area contributed by atoms with Crippen LogP contribution in [0.15, 0.2) is 48.5 Å². The summed E-state index contributed by atoms with van der Waals surface area (Å²) in [4.78, 5) is 0. The third-order valence-electron chi connectivity index (χ3n) is 3.80. The van der Waals surface area contributed by atoms with E-state index in [4.69, 9.17) is 19.4 Å². The number of hydrogen-bond acceptors (Lipinski definition) is 5. The normalized spacial score (nSPS) is 17.2. The minimum Gasteiger partial charge on any atom is -0.489 e. The predicted octanol–water partition coefficient (Wildman–Crippen LogP) is 1.95. The van der Waals surface area contributed by atoms with Gasteiger partial charge in [0.05, 0.1) is 19.3 Å². The molecule has 0 spiro atoms. The summed E-state index contributed by atoms with van der Waals surface area (Å²) in [6, 6.07) is 17.3. The molecule has 0 aromatic heterocycles. The van der Waals surface area contributed by atoms with Crippen LogP contribution >= 0.6 is 0 Å². The first-order valence-electron chi connectivity index (χ1n) is 7.83. The summed E-state index contributed by atoms with van der Waals surface area (Å²) in [6.45, 7) is 2.83. The first-order chi connectivity index (χ1) is 11.7. The monoisotopic (exact) mass is 323 g/mol. The van der Waals surface area contributed by atoms with Gasteiger partial charge in [0.25, 0.3) is 0 Å². The molecule has 2 aromatic carbocycles. The largest absolute Gasteiger partial charge is 0.496 e. The molecular formula is C18H18BNO4. The molecule has 0 saturated heterocycles. The Morgan fingerprint density at radius 3 is 2.79 bits per heavy atom. The minimum atomic E-state index is -1.14. The Balaban J connectivity index is 1.60. The van der Waals surface area contributed by atoms with Gasteiger partial charge in [-0.15, -0.1) is 0 Å². The van der Waals surface area contributed by atoms with Crippen LogP contribution in [-0.2, 0) is 16.0 Å². The molecule has 0 amide bonds. The molecule has 6 heteroatoms. The van der Waals surface area contributed by atoms with Crippen LogP contribution in [0, 0.1) is 11.3 Å². The van der Waals surface area contributed by atoms with Gasteiger partial charge in [0.1, 0.15) is 11.9 Å². The summed E-state index contributed by atoms with van der Waals surface area (Å²) < 4.78 is 16.8. The number of rotatable bonds is 6. The van der Waals surface area contributed by atoms with Crippen molar-refractivity contribution in [2.75, 3.05) is 6.61 Å². The van der Waals surface area contributed by atoms with Gasteiger partial charge in [-0.05, 0) is 24.1 Å². The molecule has 2 unspecified atom stereocenters. The Morgan fingerprint density at radius 1 is 1.25 bits per heavy atom. The maximum absolute atomic E-state index is 10.0. The molecule has 2 atom stereocenters. The molecule has 1 aliphatic heterocycles. The molecule has 0 radical (unpaired) electrons. The molecule has 1 heterocycles. The molecule has 2 aromatic rings. The van der Waals surface area contributed by atoms with Gasteiger partial charge in [-0.25, -0.2) is 0 Å². The zero-order chi connectivity index (χ0) is 16.9. The van der Waals surface area contributed by atoms with E-state index in [1.165, 1.54) is 0 Å². The van der Waals surface area contributed by atoms with E-state index in [0.717, 1.165) is 5.56 Å². The molecule has 122 valence electrons. The third kappa shape index (κ3) is 3.60. The van der Waals surface area contributed by atoms with Gasteiger partial charge < -0.3 is 19.2 Å². The highest BCUT2D eigenvalue weighted by Crippen LogP contribution is 2.27. The van der Waals surface area contributed by atoms with E-state index in [1.807, 2.05) is 43.3 Å². The van der Waals surface area contributed by atoms with Crippen LogP contribution in [0.3, 0.4) is 0 Å². The van der Waals surface area contributed by atoms with Gasteiger partial charge in [-0.2, -0.15) is 5.26 Å². The first kappa shape index (κ1) is 16.5. The second kappa shape index (κ2) is 7.50. The molecule has 3 rings (SSSR count). The lowest BCUT2D eigenvalue weighted by molar-refractivity contribution is 0.0497. The van der Waals surface area contributed by atoms with Crippen molar-refractivity contribution < 1.29 is 19.2 Å². The fourth-order valence-corrected chi connectivity index (χ4v) is 2.69. The molecule has 0 bridgehead atoms. The maximum atomic E-state index is 10.0. The topological polar surface area (TPSA) is 71.7 Å². The van der Waals surface area contributed by atoms with Crippen molar-refractivity contribution >= 4 is 12.6 Å². The summed E-state index contributed by atoms with van der Waals surface area (Å²) in [6.07, 6.45) is -0.961. The van der Waals surface area contributed by atoms with Crippen molar-refractivity contribution in [1.29, 1.82) is 5.26 Å². The maximum Gasteiger partial charge on any atom is 0.496 e. The Bertz CT molecular complexity index is 732. The van der Waals surface area contributed by atoms with Crippen molar-refractivity contribution in [3.05, 3.63) is 59.7 Å². The van der Waals surface area contributed by atoms with Crippen molar-refractivity contribution in [1.82, 2.24) is 0 Å². The van der Waals surface area contributed by atoms with E-state index < -0.39 is 13.2 Å². The summed E-state index contributed by atoms with van der Waals surface area (Å²) in [5, 5.41) is 19.1. The summed E-state index contributed by atoms with van der Waals surface area (Å²) in [5.41, 5.74) is 2.28. The van der Waals surface area contributed by atoms with Gasteiger partial charge in [-0.3, -0.25) is 0 Å². The summed E-state index contributed by atoms with van der Waals surface area (Å²) in [5.74, 6) is 0.522. The van der Waals surface area contributed by atoms with Crippen molar-refractivity contribution in [3.63, 3.8) is 0 Å². The minimum absolute atomic E-state index is 0.200. The highest BCUT2D eigenvalue weighted by atomic mass is 16.5. The fourth-order valence-electron chi connectivity index (χ4n) is 2.69. The molecular weight excluding hydrogens is 305 g/mol. The highest BCUT2D eigenvalue weighted by molar-refractivity contribution is 6.63. The SMILES string of the molecule is CC(COCc1ccccc1)Oc1cccc2c1B(O)OC2C#N. The van der Waals surface area contributed by atoms with Gasteiger partial charge in [0, 0.05) is 5.46 Å². The Morgan fingerprint density at radius 2 is 2.04 bits per heavy atom. The lowest BCUT2D eigenvalue weighted by Crippen LogP contribution is -2.32. The average molecular weight is 323 g/mol. The van der Waals surface area contributed by atoms with Crippen molar-refractivity contribution in [2.24, 2.45) is 0 Å². The number of benzene rings is 2. The standard InChI is InChI=1S/C18H18BNO4/c1-13(11-22-12-14-6-3-2-4-7-14)23-16-9-5-8-15-17(10-20)24-19(21)18(15)16/h2-9,13,17,21H,11-12H2,1H3.